The van der Waals surface area contributed by atoms with Crippen LogP contribution in [0.1, 0.15) is 11.1 Å². The van der Waals surface area contributed by atoms with Crippen LogP contribution in [0.2, 0.25) is 0 Å². The number of nitro groups is 1. The van der Waals surface area contributed by atoms with E-state index in [1.807, 2.05) is 6.07 Å². The minimum absolute atomic E-state index is 0.0879. The summed E-state index contributed by atoms with van der Waals surface area (Å²) in [5, 5.41) is 10.8. The molecule has 0 N–H and O–H groups in total. The second-order valence-corrected chi connectivity index (χ2v) is 4.91. The quantitative estimate of drug-likeness (QED) is 0.628. The van der Waals surface area contributed by atoms with Gasteiger partial charge in [0.2, 0.25) is 5.88 Å². The van der Waals surface area contributed by atoms with Crippen molar-refractivity contribution in [3.8, 4) is 11.6 Å². The Hall–Kier alpha value is -1.95. The van der Waals surface area contributed by atoms with Crippen LogP contribution >= 0.6 is 15.9 Å². The van der Waals surface area contributed by atoms with Crippen LogP contribution in [-0.2, 0) is 0 Å². The Kier molecular flexibility index (Phi) is 3.80. The van der Waals surface area contributed by atoms with Crippen LogP contribution in [0.4, 0.5) is 5.69 Å². The number of halogens is 1. The molecule has 0 aliphatic carbocycles. The second kappa shape index (κ2) is 5.36. The van der Waals surface area contributed by atoms with Gasteiger partial charge >= 0.3 is 0 Å². The zero-order valence-corrected chi connectivity index (χ0v) is 12.0. The highest BCUT2D eigenvalue weighted by atomic mass is 79.9. The van der Waals surface area contributed by atoms with Crippen molar-refractivity contribution in [2.75, 3.05) is 0 Å². The van der Waals surface area contributed by atoms with Crippen molar-refractivity contribution in [2.24, 2.45) is 0 Å². The van der Waals surface area contributed by atoms with Gasteiger partial charge in [0.15, 0.2) is 0 Å². The second-order valence-electron chi connectivity index (χ2n) is 4.05. The molecule has 0 amide bonds. The zero-order chi connectivity index (χ0) is 14.0. The normalized spacial score (nSPS) is 10.3. The van der Waals surface area contributed by atoms with Gasteiger partial charge in [-0.1, -0.05) is 0 Å². The molecule has 0 unspecified atom stereocenters. The Morgan fingerprint density at radius 3 is 2.68 bits per heavy atom. The topological polar surface area (TPSA) is 65.3 Å². The third-order valence-corrected chi connectivity index (χ3v) is 3.23. The molecule has 5 nitrogen and oxygen atoms in total. The van der Waals surface area contributed by atoms with E-state index in [-0.39, 0.29) is 5.69 Å². The third-order valence-electron chi connectivity index (χ3n) is 2.62. The smallest absolute Gasteiger partial charge is 0.272 e. The number of ether oxygens (including phenoxy) is 1. The van der Waals surface area contributed by atoms with E-state index in [9.17, 15) is 10.1 Å². The molecule has 1 aromatic heterocycles. The van der Waals surface area contributed by atoms with Crippen LogP contribution in [0.25, 0.3) is 0 Å². The van der Waals surface area contributed by atoms with Gasteiger partial charge in [-0.25, -0.2) is 4.98 Å². The molecule has 0 radical (unpaired) electrons. The standard InChI is InChI=1S/C13H11BrN2O3/c1-8-7-12(9(2)6-11(8)16(17)18)19-13-10(14)4-3-5-15-13/h3-7H,1-2H3. The Bertz CT molecular complexity index is 644. The van der Waals surface area contributed by atoms with Gasteiger partial charge < -0.3 is 4.74 Å². The molecular formula is C13H11BrN2O3. The van der Waals surface area contributed by atoms with Crippen LogP contribution in [0.5, 0.6) is 11.6 Å². The van der Waals surface area contributed by atoms with E-state index in [1.54, 1.807) is 32.2 Å². The maximum atomic E-state index is 10.8. The number of nitrogens with zero attached hydrogens (tertiary/aromatic N) is 2. The predicted octanol–water partition coefficient (Wildman–Crippen LogP) is 4.16. The maximum absolute atomic E-state index is 10.8. The molecule has 1 heterocycles. The number of hydrogen-bond acceptors (Lipinski definition) is 4. The fourth-order valence-electron chi connectivity index (χ4n) is 1.63. The zero-order valence-electron chi connectivity index (χ0n) is 10.4. The van der Waals surface area contributed by atoms with Crippen molar-refractivity contribution in [1.29, 1.82) is 0 Å². The lowest BCUT2D eigenvalue weighted by molar-refractivity contribution is -0.385. The molecular weight excluding hydrogens is 312 g/mol. The van der Waals surface area contributed by atoms with Gasteiger partial charge in [0.05, 0.1) is 9.40 Å². The number of benzene rings is 1. The van der Waals surface area contributed by atoms with Crippen LogP contribution < -0.4 is 4.74 Å². The average Bonchev–Trinajstić information content (AvgIpc) is 2.35. The Balaban J connectivity index is 2.39. The molecule has 0 saturated heterocycles. The highest BCUT2D eigenvalue weighted by Gasteiger charge is 2.15. The van der Waals surface area contributed by atoms with Crippen LogP contribution in [0.3, 0.4) is 0 Å². The van der Waals surface area contributed by atoms with Gasteiger partial charge in [0.1, 0.15) is 5.75 Å². The van der Waals surface area contributed by atoms with E-state index in [0.717, 1.165) is 4.47 Å². The minimum Gasteiger partial charge on any atom is -0.438 e. The summed E-state index contributed by atoms with van der Waals surface area (Å²) in [7, 11) is 0. The summed E-state index contributed by atoms with van der Waals surface area (Å²) in [6.45, 7) is 3.44. The highest BCUT2D eigenvalue weighted by molar-refractivity contribution is 9.10. The van der Waals surface area contributed by atoms with E-state index in [4.69, 9.17) is 4.74 Å². The number of hydrogen-bond donors (Lipinski definition) is 0. The first kappa shape index (κ1) is 13.5. The number of rotatable bonds is 3. The monoisotopic (exact) mass is 322 g/mol. The van der Waals surface area contributed by atoms with Crippen molar-refractivity contribution in [1.82, 2.24) is 4.98 Å². The summed E-state index contributed by atoms with van der Waals surface area (Å²) in [6.07, 6.45) is 1.62. The summed E-state index contributed by atoms with van der Waals surface area (Å²) in [5.74, 6) is 0.987. The minimum atomic E-state index is -0.400. The first-order valence-electron chi connectivity index (χ1n) is 5.53. The van der Waals surface area contributed by atoms with Crippen molar-refractivity contribution in [3.05, 3.63) is 56.2 Å². The Labute approximate surface area is 118 Å². The number of nitro benzene ring substituents is 1. The molecule has 98 valence electrons. The molecule has 0 spiro atoms. The van der Waals surface area contributed by atoms with Crippen LogP contribution in [0, 0.1) is 24.0 Å². The van der Waals surface area contributed by atoms with E-state index in [2.05, 4.69) is 20.9 Å². The fraction of sp³-hybridized carbons (Fsp3) is 0.154. The summed E-state index contributed by atoms with van der Waals surface area (Å²) < 4.78 is 6.40. The third kappa shape index (κ3) is 2.90. The predicted molar refractivity (Wildman–Crippen MR) is 74.6 cm³/mol. The molecule has 2 rings (SSSR count). The number of pyridine rings is 1. The van der Waals surface area contributed by atoms with Gasteiger partial charge in [0, 0.05) is 17.8 Å². The van der Waals surface area contributed by atoms with Crippen molar-refractivity contribution in [2.45, 2.75) is 13.8 Å². The lowest BCUT2D eigenvalue weighted by Crippen LogP contribution is -1.96. The SMILES string of the molecule is Cc1cc([N+](=O)[O-])c(C)cc1Oc1ncccc1Br. The van der Waals surface area contributed by atoms with E-state index in [0.29, 0.717) is 22.8 Å². The Morgan fingerprint density at radius 1 is 1.32 bits per heavy atom. The summed E-state index contributed by atoms with van der Waals surface area (Å²) in [5.41, 5.74) is 1.33. The molecule has 0 fully saturated rings. The Morgan fingerprint density at radius 2 is 2.05 bits per heavy atom. The van der Waals surface area contributed by atoms with Crippen molar-refractivity contribution in [3.63, 3.8) is 0 Å². The molecule has 19 heavy (non-hydrogen) atoms. The first-order valence-corrected chi connectivity index (χ1v) is 6.32. The van der Waals surface area contributed by atoms with Gasteiger partial charge in [0.25, 0.3) is 5.69 Å². The van der Waals surface area contributed by atoms with Crippen LogP contribution in [0.15, 0.2) is 34.9 Å². The van der Waals surface area contributed by atoms with Crippen molar-refractivity contribution >= 4 is 21.6 Å². The van der Waals surface area contributed by atoms with Gasteiger partial charge in [-0.3, -0.25) is 10.1 Å². The summed E-state index contributed by atoms with van der Waals surface area (Å²) in [6, 6.07) is 6.75. The summed E-state index contributed by atoms with van der Waals surface area (Å²) >= 11 is 3.34. The first-order chi connectivity index (χ1) is 8.99. The number of aromatic nitrogens is 1. The van der Waals surface area contributed by atoms with E-state index in [1.165, 1.54) is 6.07 Å². The average molecular weight is 323 g/mol. The van der Waals surface area contributed by atoms with Gasteiger partial charge in [-0.2, -0.15) is 0 Å². The molecule has 2 aromatic rings. The molecule has 0 aliphatic rings. The fourth-order valence-corrected chi connectivity index (χ4v) is 1.97. The molecule has 0 atom stereocenters. The van der Waals surface area contributed by atoms with E-state index < -0.39 is 4.92 Å². The number of aryl methyl sites for hydroxylation is 2. The molecule has 6 heteroatoms. The van der Waals surface area contributed by atoms with E-state index >= 15 is 0 Å². The van der Waals surface area contributed by atoms with Gasteiger partial charge in [-0.05, 0) is 53.5 Å². The van der Waals surface area contributed by atoms with Crippen LogP contribution in [-0.4, -0.2) is 9.91 Å². The molecule has 1 aromatic carbocycles. The lowest BCUT2D eigenvalue weighted by Gasteiger charge is -2.10. The molecule has 0 aliphatic heterocycles. The van der Waals surface area contributed by atoms with Crippen molar-refractivity contribution < 1.29 is 9.66 Å². The lowest BCUT2D eigenvalue weighted by atomic mass is 10.1. The highest BCUT2D eigenvalue weighted by Crippen LogP contribution is 2.32. The largest absolute Gasteiger partial charge is 0.438 e. The molecule has 0 saturated carbocycles. The van der Waals surface area contributed by atoms with Gasteiger partial charge in [-0.15, -0.1) is 0 Å². The summed E-state index contributed by atoms with van der Waals surface area (Å²) in [4.78, 5) is 14.5. The maximum Gasteiger partial charge on any atom is 0.272 e. The molecule has 0 bridgehead atoms.